The summed E-state index contributed by atoms with van der Waals surface area (Å²) < 4.78 is 19.3. The molecule has 0 aromatic heterocycles. The second kappa shape index (κ2) is 7.37. The fraction of sp³-hybridized carbons (Fsp3) is 0.500. The van der Waals surface area contributed by atoms with Gasteiger partial charge in [0.15, 0.2) is 5.82 Å². The van der Waals surface area contributed by atoms with Crippen LogP contribution in [0, 0.1) is 5.82 Å². The molecule has 0 unspecified atom stereocenters. The van der Waals surface area contributed by atoms with E-state index in [0.717, 1.165) is 0 Å². The molecule has 138 valence electrons. The molecule has 2 N–H and O–H groups in total. The summed E-state index contributed by atoms with van der Waals surface area (Å²) in [6, 6.07) is 1.34. The fourth-order valence-electron chi connectivity index (χ4n) is 2.38. The third kappa shape index (κ3) is 4.55. The standard InChI is InChI=1S/C16H20BrClFN3O3/c1-16(2,3)25-15(24)22-6-4-21(5-7-22)14(23)9-8-10(18)11(17)12(19)13(9)20/h8H,4-7,20H2,1-3H3. The highest BCUT2D eigenvalue weighted by Gasteiger charge is 2.29. The number of anilines is 1. The van der Waals surface area contributed by atoms with Crippen LogP contribution in [0.2, 0.25) is 5.02 Å². The van der Waals surface area contributed by atoms with Crippen molar-refractivity contribution in [2.75, 3.05) is 31.9 Å². The maximum atomic E-state index is 14.0. The number of amides is 2. The number of hydrogen-bond donors (Lipinski definition) is 1. The molecule has 6 nitrogen and oxygen atoms in total. The van der Waals surface area contributed by atoms with Gasteiger partial charge in [-0.05, 0) is 42.8 Å². The number of nitrogen functional groups attached to an aromatic ring is 1. The highest BCUT2D eigenvalue weighted by molar-refractivity contribution is 9.10. The van der Waals surface area contributed by atoms with Crippen molar-refractivity contribution in [3.05, 3.63) is 26.9 Å². The van der Waals surface area contributed by atoms with Crippen molar-refractivity contribution in [1.29, 1.82) is 0 Å². The minimum Gasteiger partial charge on any atom is -0.444 e. The van der Waals surface area contributed by atoms with Gasteiger partial charge in [-0.1, -0.05) is 11.6 Å². The molecule has 1 fully saturated rings. The first kappa shape index (κ1) is 19.8. The van der Waals surface area contributed by atoms with Gasteiger partial charge in [-0.3, -0.25) is 4.79 Å². The maximum absolute atomic E-state index is 14.0. The van der Waals surface area contributed by atoms with Crippen LogP contribution in [0.5, 0.6) is 0 Å². The Kier molecular flexibility index (Phi) is 5.83. The molecule has 0 bridgehead atoms. The van der Waals surface area contributed by atoms with Crippen molar-refractivity contribution < 1.29 is 18.7 Å². The first-order valence-electron chi connectivity index (χ1n) is 7.71. The molecule has 1 heterocycles. The molecule has 1 aliphatic heterocycles. The zero-order valence-corrected chi connectivity index (χ0v) is 16.6. The van der Waals surface area contributed by atoms with Gasteiger partial charge < -0.3 is 20.3 Å². The van der Waals surface area contributed by atoms with Crippen molar-refractivity contribution in [3.63, 3.8) is 0 Å². The quantitative estimate of drug-likeness (QED) is 0.540. The van der Waals surface area contributed by atoms with Gasteiger partial charge in [-0.25, -0.2) is 9.18 Å². The predicted octanol–water partition coefficient (Wildman–Crippen LogP) is 3.52. The number of piperazine rings is 1. The van der Waals surface area contributed by atoms with Gasteiger partial charge in [-0.15, -0.1) is 0 Å². The molecule has 1 aromatic carbocycles. The van der Waals surface area contributed by atoms with Gasteiger partial charge in [-0.2, -0.15) is 0 Å². The molecule has 0 saturated carbocycles. The number of nitrogens with two attached hydrogens (primary N) is 1. The Bertz CT molecular complexity index is 701. The van der Waals surface area contributed by atoms with E-state index in [0.29, 0.717) is 26.2 Å². The van der Waals surface area contributed by atoms with Crippen LogP contribution in [-0.2, 0) is 4.74 Å². The van der Waals surface area contributed by atoms with E-state index in [1.54, 1.807) is 20.8 Å². The first-order valence-corrected chi connectivity index (χ1v) is 8.88. The van der Waals surface area contributed by atoms with E-state index in [4.69, 9.17) is 22.1 Å². The second-order valence-electron chi connectivity index (χ2n) is 6.71. The number of carbonyl (C=O) groups excluding carboxylic acids is 2. The number of benzene rings is 1. The molecule has 2 amide bonds. The lowest BCUT2D eigenvalue weighted by Gasteiger charge is -2.35. The number of ether oxygens (including phenoxy) is 1. The Labute approximate surface area is 159 Å². The summed E-state index contributed by atoms with van der Waals surface area (Å²) in [5.41, 5.74) is 4.89. The monoisotopic (exact) mass is 435 g/mol. The number of hydrogen-bond acceptors (Lipinski definition) is 4. The van der Waals surface area contributed by atoms with Crippen LogP contribution in [0.15, 0.2) is 10.5 Å². The Morgan fingerprint density at radius 1 is 1.24 bits per heavy atom. The van der Waals surface area contributed by atoms with Crippen molar-refractivity contribution in [3.8, 4) is 0 Å². The highest BCUT2D eigenvalue weighted by Crippen LogP contribution is 2.32. The first-order chi connectivity index (χ1) is 11.5. The third-order valence-corrected chi connectivity index (χ3v) is 4.95. The fourth-order valence-corrected chi connectivity index (χ4v) is 2.90. The Morgan fingerprint density at radius 2 is 1.76 bits per heavy atom. The molecule has 25 heavy (non-hydrogen) atoms. The summed E-state index contributed by atoms with van der Waals surface area (Å²) in [6.45, 7) is 6.62. The van der Waals surface area contributed by atoms with E-state index in [-0.39, 0.29) is 20.7 Å². The summed E-state index contributed by atoms with van der Waals surface area (Å²) in [7, 11) is 0. The Balaban J connectivity index is 2.06. The van der Waals surface area contributed by atoms with Crippen LogP contribution in [-0.4, -0.2) is 53.6 Å². The third-order valence-electron chi connectivity index (χ3n) is 3.65. The molecule has 2 rings (SSSR count). The highest BCUT2D eigenvalue weighted by atomic mass is 79.9. The average Bonchev–Trinajstić information content (AvgIpc) is 2.54. The van der Waals surface area contributed by atoms with Crippen molar-refractivity contribution in [2.24, 2.45) is 0 Å². The summed E-state index contributed by atoms with van der Waals surface area (Å²) in [6.07, 6.45) is -0.420. The summed E-state index contributed by atoms with van der Waals surface area (Å²) >= 11 is 8.90. The van der Waals surface area contributed by atoms with Gasteiger partial charge >= 0.3 is 6.09 Å². The lowest BCUT2D eigenvalue weighted by atomic mass is 10.1. The second-order valence-corrected chi connectivity index (χ2v) is 7.91. The van der Waals surface area contributed by atoms with E-state index >= 15 is 0 Å². The van der Waals surface area contributed by atoms with Gasteiger partial charge in [0.05, 0.1) is 20.7 Å². The number of rotatable bonds is 1. The lowest BCUT2D eigenvalue weighted by Crippen LogP contribution is -2.51. The van der Waals surface area contributed by atoms with E-state index in [1.165, 1.54) is 15.9 Å². The smallest absolute Gasteiger partial charge is 0.410 e. The zero-order chi connectivity index (χ0) is 18.9. The summed E-state index contributed by atoms with van der Waals surface area (Å²) in [4.78, 5) is 27.7. The van der Waals surface area contributed by atoms with Gasteiger partial charge in [0.25, 0.3) is 5.91 Å². The van der Waals surface area contributed by atoms with Gasteiger partial charge in [0.2, 0.25) is 0 Å². The van der Waals surface area contributed by atoms with Crippen LogP contribution < -0.4 is 5.73 Å². The molecule has 0 aliphatic carbocycles. The molecule has 1 saturated heterocycles. The van der Waals surface area contributed by atoms with Crippen LogP contribution in [0.3, 0.4) is 0 Å². The zero-order valence-electron chi connectivity index (χ0n) is 14.2. The van der Waals surface area contributed by atoms with E-state index in [2.05, 4.69) is 15.9 Å². The van der Waals surface area contributed by atoms with Crippen molar-refractivity contribution in [2.45, 2.75) is 26.4 Å². The molecular weight excluding hydrogens is 417 g/mol. The van der Waals surface area contributed by atoms with Crippen LogP contribution in [0.1, 0.15) is 31.1 Å². The molecule has 0 atom stereocenters. The van der Waals surface area contributed by atoms with E-state index in [9.17, 15) is 14.0 Å². The van der Waals surface area contributed by atoms with Crippen LogP contribution in [0.25, 0.3) is 0 Å². The lowest BCUT2D eigenvalue weighted by molar-refractivity contribution is 0.0141. The summed E-state index contributed by atoms with van der Waals surface area (Å²) in [5, 5.41) is 0.0717. The minimum absolute atomic E-state index is 0.0106. The van der Waals surface area contributed by atoms with Crippen molar-refractivity contribution >= 4 is 45.2 Å². The van der Waals surface area contributed by atoms with Gasteiger partial charge in [0, 0.05) is 26.2 Å². The predicted molar refractivity (Wildman–Crippen MR) is 97.2 cm³/mol. The minimum atomic E-state index is -0.761. The van der Waals surface area contributed by atoms with Gasteiger partial charge in [0.1, 0.15) is 5.60 Å². The average molecular weight is 437 g/mol. The van der Waals surface area contributed by atoms with E-state index in [1.807, 2.05) is 0 Å². The molecule has 0 spiro atoms. The normalized spacial score (nSPS) is 15.3. The topological polar surface area (TPSA) is 75.9 Å². The molecule has 1 aromatic rings. The Hall–Kier alpha value is -1.54. The number of halogens is 3. The largest absolute Gasteiger partial charge is 0.444 e. The Morgan fingerprint density at radius 3 is 2.28 bits per heavy atom. The summed E-state index contributed by atoms with van der Waals surface area (Å²) in [5.74, 6) is -1.18. The van der Waals surface area contributed by atoms with Crippen LogP contribution >= 0.6 is 27.5 Å². The molecule has 1 aliphatic rings. The van der Waals surface area contributed by atoms with E-state index < -0.39 is 23.4 Å². The van der Waals surface area contributed by atoms with Crippen LogP contribution in [0.4, 0.5) is 14.9 Å². The number of nitrogens with zero attached hydrogens (tertiary/aromatic N) is 2. The van der Waals surface area contributed by atoms with Crippen molar-refractivity contribution in [1.82, 2.24) is 9.80 Å². The molecular formula is C16H20BrClFN3O3. The molecule has 9 heteroatoms. The number of carbonyl (C=O) groups is 2. The maximum Gasteiger partial charge on any atom is 0.410 e. The molecule has 0 radical (unpaired) electrons. The SMILES string of the molecule is CC(C)(C)OC(=O)N1CCN(C(=O)c2cc(Cl)c(Br)c(F)c2N)CC1.